The second-order valence-electron chi connectivity index (χ2n) is 4.26. The molecule has 23 heavy (non-hydrogen) atoms. The monoisotopic (exact) mass is 448 g/mol. The van der Waals surface area contributed by atoms with Gasteiger partial charge in [0.05, 0.1) is 13.7 Å². The van der Waals surface area contributed by atoms with E-state index in [1.807, 2.05) is 24.3 Å². The minimum Gasteiger partial charge on any atom is -0.497 e. The number of halogens is 2. The van der Waals surface area contributed by atoms with Gasteiger partial charge in [0.1, 0.15) is 17.4 Å². The standard InChI is InChI=1S/C15H17ClN4O2.HI/c1-21-12-6-4-11(5-7-12)20-15(17)19-9-10-22-14-13(16)3-2-8-18-14;/h2-8H,9-10H2,1H3,(H3,17,19,20);1H. The first kappa shape index (κ1) is 19.3. The van der Waals surface area contributed by atoms with Crippen molar-refractivity contribution in [2.24, 2.45) is 10.7 Å². The third kappa shape index (κ3) is 6.49. The van der Waals surface area contributed by atoms with Crippen LogP contribution in [0.3, 0.4) is 0 Å². The van der Waals surface area contributed by atoms with Crippen LogP contribution < -0.4 is 20.5 Å². The van der Waals surface area contributed by atoms with Gasteiger partial charge < -0.3 is 20.5 Å². The second-order valence-corrected chi connectivity index (χ2v) is 4.67. The number of aromatic nitrogens is 1. The number of guanidine groups is 1. The molecular formula is C15H18ClIN4O2. The lowest BCUT2D eigenvalue weighted by atomic mass is 10.3. The Morgan fingerprint density at radius 3 is 2.70 bits per heavy atom. The first-order valence-electron chi connectivity index (χ1n) is 6.63. The lowest BCUT2D eigenvalue weighted by molar-refractivity contribution is 0.316. The van der Waals surface area contributed by atoms with Crippen molar-refractivity contribution in [2.75, 3.05) is 25.6 Å². The molecule has 3 N–H and O–H groups in total. The molecule has 124 valence electrons. The van der Waals surface area contributed by atoms with Gasteiger partial charge in [-0.1, -0.05) is 11.6 Å². The van der Waals surface area contributed by atoms with E-state index in [1.165, 1.54) is 0 Å². The molecule has 8 heteroatoms. The summed E-state index contributed by atoms with van der Waals surface area (Å²) in [5.74, 6) is 1.48. The third-order valence-corrected chi connectivity index (χ3v) is 2.99. The second kappa shape index (κ2) is 10.1. The predicted molar refractivity (Wildman–Crippen MR) is 103 cm³/mol. The molecule has 0 radical (unpaired) electrons. The van der Waals surface area contributed by atoms with Crippen molar-refractivity contribution in [2.45, 2.75) is 0 Å². The van der Waals surface area contributed by atoms with Crippen LogP contribution in [0, 0.1) is 0 Å². The molecule has 1 aromatic carbocycles. The smallest absolute Gasteiger partial charge is 0.232 e. The Morgan fingerprint density at radius 1 is 1.30 bits per heavy atom. The Morgan fingerprint density at radius 2 is 2.04 bits per heavy atom. The van der Waals surface area contributed by atoms with Gasteiger partial charge in [-0.15, -0.1) is 24.0 Å². The minimum atomic E-state index is 0. The molecule has 0 saturated heterocycles. The molecule has 1 heterocycles. The highest BCUT2D eigenvalue weighted by molar-refractivity contribution is 14.0. The van der Waals surface area contributed by atoms with Crippen molar-refractivity contribution in [3.05, 3.63) is 47.6 Å². The maximum atomic E-state index is 5.93. The van der Waals surface area contributed by atoms with Gasteiger partial charge in [-0.2, -0.15) is 0 Å². The highest BCUT2D eigenvalue weighted by Crippen LogP contribution is 2.19. The van der Waals surface area contributed by atoms with Gasteiger partial charge in [0.25, 0.3) is 0 Å². The average Bonchev–Trinajstić information content (AvgIpc) is 2.54. The molecule has 0 aliphatic carbocycles. The Hall–Kier alpha value is -1.74. The zero-order valence-corrected chi connectivity index (χ0v) is 15.6. The third-order valence-electron chi connectivity index (χ3n) is 2.70. The van der Waals surface area contributed by atoms with E-state index >= 15 is 0 Å². The molecule has 0 aliphatic rings. The van der Waals surface area contributed by atoms with E-state index in [1.54, 1.807) is 25.4 Å². The summed E-state index contributed by atoms with van der Waals surface area (Å²) in [7, 11) is 1.62. The average molecular weight is 449 g/mol. The van der Waals surface area contributed by atoms with Crippen molar-refractivity contribution in [1.29, 1.82) is 0 Å². The number of rotatable bonds is 6. The SMILES string of the molecule is COc1ccc(NC(N)=NCCOc2ncccc2Cl)cc1.I. The number of nitrogens with zero attached hydrogens (tertiary/aromatic N) is 2. The fourth-order valence-corrected chi connectivity index (χ4v) is 1.82. The number of ether oxygens (including phenoxy) is 2. The van der Waals surface area contributed by atoms with Crippen LogP contribution in [0.25, 0.3) is 0 Å². The van der Waals surface area contributed by atoms with Crippen molar-refractivity contribution in [3.8, 4) is 11.6 Å². The summed E-state index contributed by atoms with van der Waals surface area (Å²) in [6.07, 6.45) is 1.62. The molecule has 0 saturated carbocycles. The van der Waals surface area contributed by atoms with Gasteiger partial charge in [0.15, 0.2) is 5.96 Å². The quantitative estimate of drug-likeness (QED) is 0.307. The molecule has 0 bridgehead atoms. The molecule has 2 rings (SSSR count). The molecule has 0 spiro atoms. The fraction of sp³-hybridized carbons (Fsp3) is 0.200. The largest absolute Gasteiger partial charge is 0.497 e. The first-order valence-corrected chi connectivity index (χ1v) is 7.01. The van der Waals surface area contributed by atoms with Crippen LogP contribution in [0.5, 0.6) is 11.6 Å². The van der Waals surface area contributed by atoms with E-state index < -0.39 is 0 Å². The topological polar surface area (TPSA) is 81.8 Å². The summed E-state index contributed by atoms with van der Waals surface area (Å²) in [5.41, 5.74) is 6.63. The van der Waals surface area contributed by atoms with Crippen LogP contribution >= 0.6 is 35.6 Å². The maximum absolute atomic E-state index is 5.93. The Bertz CT molecular complexity index is 638. The van der Waals surface area contributed by atoms with Gasteiger partial charge in [-0.05, 0) is 36.4 Å². The van der Waals surface area contributed by atoms with E-state index in [0.29, 0.717) is 30.0 Å². The normalized spacial score (nSPS) is 10.6. The van der Waals surface area contributed by atoms with Crippen LogP contribution in [0.1, 0.15) is 0 Å². The molecule has 0 amide bonds. The number of nitrogens with one attached hydrogen (secondary N) is 1. The molecule has 0 aliphatic heterocycles. The molecule has 0 unspecified atom stereocenters. The van der Waals surface area contributed by atoms with E-state index in [-0.39, 0.29) is 24.0 Å². The van der Waals surface area contributed by atoms with Crippen LogP contribution in [0.15, 0.2) is 47.6 Å². The summed E-state index contributed by atoms with van der Waals surface area (Å²) in [6, 6.07) is 10.8. The van der Waals surface area contributed by atoms with Gasteiger partial charge >= 0.3 is 0 Å². The molecule has 1 aromatic heterocycles. The van der Waals surface area contributed by atoms with Crippen LogP contribution in [0.4, 0.5) is 5.69 Å². The molecular weight excluding hydrogens is 431 g/mol. The highest BCUT2D eigenvalue weighted by Gasteiger charge is 2.01. The number of benzene rings is 1. The Balaban J connectivity index is 0.00000264. The molecule has 0 atom stereocenters. The molecule has 0 fully saturated rings. The summed E-state index contributed by atoms with van der Waals surface area (Å²) in [4.78, 5) is 8.18. The number of methoxy groups -OCH3 is 1. The van der Waals surface area contributed by atoms with E-state index in [2.05, 4.69) is 15.3 Å². The number of aliphatic imine (C=N–C) groups is 1. The van der Waals surface area contributed by atoms with Gasteiger partial charge in [-0.3, -0.25) is 0 Å². The Labute approximate surface area is 157 Å². The van der Waals surface area contributed by atoms with E-state index in [4.69, 9.17) is 26.8 Å². The fourth-order valence-electron chi connectivity index (χ4n) is 1.65. The number of anilines is 1. The maximum Gasteiger partial charge on any atom is 0.232 e. The van der Waals surface area contributed by atoms with Crippen molar-refractivity contribution in [1.82, 2.24) is 4.98 Å². The summed E-state index contributed by atoms with van der Waals surface area (Å²) >= 11 is 5.93. The number of pyridine rings is 1. The zero-order chi connectivity index (χ0) is 15.8. The zero-order valence-electron chi connectivity index (χ0n) is 12.5. The Kier molecular flexibility index (Phi) is 8.49. The summed E-state index contributed by atoms with van der Waals surface area (Å²) in [6.45, 7) is 0.726. The van der Waals surface area contributed by atoms with Crippen molar-refractivity contribution < 1.29 is 9.47 Å². The summed E-state index contributed by atoms with van der Waals surface area (Å²) in [5, 5.41) is 3.45. The number of hydrogen-bond donors (Lipinski definition) is 2. The van der Waals surface area contributed by atoms with Gasteiger partial charge in [0, 0.05) is 11.9 Å². The van der Waals surface area contributed by atoms with Crippen LogP contribution in [-0.4, -0.2) is 31.2 Å². The van der Waals surface area contributed by atoms with E-state index in [9.17, 15) is 0 Å². The van der Waals surface area contributed by atoms with Crippen molar-refractivity contribution in [3.63, 3.8) is 0 Å². The number of hydrogen-bond acceptors (Lipinski definition) is 4. The van der Waals surface area contributed by atoms with Gasteiger partial charge in [-0.25, -0.2) is 9.98 Å². The van der Waals surface area contributed by atoms with E-state index in [0.717, 1.165) is 11.4 Å². The lowest BCUT2D eigenvalue weighted by Crippen LogP contribution is -2.23. The summed E-state index contributed by atoms with van der Waals surface area (Å²) < 4.78 is 10.5. The highest BCUT2D eigenvalue weighted by atomic mass is 127. The van der Waals surface area contributed by atoms with Crippen LogP contribution in [-0.2, 0) is 0 Å². The first-order chi connectivity index (χ1) is 10.7. The lowest BCUT2D eigenvalue weighted by Gasteiger charge is -2.07. The molecule has 2 aromatic rings. The van der Waals surface area contributed by atoms with Gasteiger partial charge in [0.2, 0.25) is 5.88 Å². The molecule has 6 nitrogen and oxygen atoms in total. The minimum absolute atomic E-state index is 0. The van der Waals surface area contributed by atoms with Crippen LogP contribution in [0.2, 0.25) is 5.02 Å². The van der Waals surface area contributed by atoms with Crippen molar-refractivity contribution >= 4 is 47.2 Å². The number of nitrogens with two attached hydrogens (primary N) is 1. The predicted octanol–water partition coefficient (Wildman–Crippen LogP) is 3.17.